The van der Waals surface area contributed by atoms with Gasteiger partial charge >= 0.3 is 0 Å². The molecule has 0 saturated carbocycles. The first kappa shape index (κ1) is 14.8. The first-order valence-corrected chi connectivity index (χ1v) is 7.06. The molecule has 0 aliphatic carbocycles. The van der Waals surface area contributed by atoms with Crippen LogP contribution in [-0.2, 0) is 4.79 Å². The van der Waals surface area contributed by atoms with Crippen molar-refractivity contribution in [1.82, 2.24) is 4.98 Å². The summed E-state index contributed by atoms with van der Waals surface area (Å²) in [5.41, 5.74) is 1.73. The number of fused-ring (bicyclic) bond motifs is 1. The molecule has 1 aromatic carbocycles. The molecule has 0 radical (unpaired) electrons. The number of aromatic nitrogens is 1. The van der Waals surface area contributed by atoms with Crippen LogP contribution < -0.4 is 15.4 Å². The van der Waals surface area contributed by atoms with Crippen molar-refractivity contribution in [2.75, 3.05) is 10.6 Å². The second kappa shape index (κ2) is 5.60. The molecule has 118 valence electrons. The molecule has 23 heavy (non-hydrogen) atoms. The molecule has 3 N–H and O–H groups in total. The molecule has 0 saturated heterocycles. The molecule has 1 aliphatic heterocycles. The number of aromatic amines is 1. The number of ketones is 1. The molecule has 2 heterocycles. The Labute approximate surface area is 132 Å². The molecule has 0 unspecified atom stereocenters. The number of amides is 2. The minimum atomic E-state index is -0.549. The Bertz CT molecular complexity index is 809. The summed E-state index contributed by atoms with van der Waals surface area (Å²) in [6.45, 7) is 3.09. The molecule has 1 atom stereocenters. The van der Waals surface area contributed by atoms with Crippen molar-refractivity contribution in [2.45, 2.75) is 20.0 Å². The fraction of sp³-hybridized carbons (Fsp3) is 0.188. The molecule has 2 aromatic rings. The van der Waals surface area contributed by atoms with Crippen LogP contribution in [0.15, 0.2) is 30.5 Å². The van der Waals surface area contributed by atoms with Crippen LogP contribution in [0.5, 0.6) is 5.75 Å². The summed E-state index contributed by atoms with van der Waals surface area (Å²) in [5.74, 6) is -0.192. The van der Waals surface area contributed by atoms with Gasteiger partial charge in [0.1, 0.15) is 11.4 Å². The molecule has 3 rings (SSSR count). The molecular weight excluding hydrogens is 298 g/mol. The first-order chi connectivity index (χ1) is 10.9. The van der Waals surface area contributed by atoms with E-state index in [4.69, 9.17) is 4.74 Å². The van der Waals surface area contributed by atoms with E-state index < -0.39 is 6.10 Å². The summed E-state index contributed by atoms with van der Waals surface area (Å²) in [7, 11) is 0. The molecule has 2 amide bonds. The Morgan fingerprint density at radius 1 is 1.26 bits per heavy atom. The number of ether oxygens (including phenoxy) is 1. The zero-order chi connectivity index (χ0) is 16.6. The molecule has 0 bridgehead atoms. The SMILES string of the molecule is CC(=O)c1c[nH]c(C(=O)Nc2ccc3c(c2)NC(=O)[C@@H](C)O3)c1. The fourth-order valence-electron chi connectivity index (χ4n) is 2.21. The Morgan fingerprint density at radius 2 is 2.04 bits per heavy atom. The molecular formula is C16H15N3O4. The van der Waals surface area contributed by atoms with E-state index >= 15 is 0 Å². The van der Waals surface area contributed by atoms with Crippen molar-refractivity contribution in [3.8, 4) is 5.75 Å². The number of nitrogens with one attached hydrogen (secondary N) is 3. The topological polar surface area (TPSA) is 100 Å². The number of benzene rings is 1. The van der Waals surface area contributed by atoms with Gasteiger partial charge in [-0.15, -0.1) is 0 Å². The number of hydrogen-bond donors (Lipinski definition) is 3. The molecule has 7 nitrogen and oxygen atoms in total. The lowest BCUT2D eigenvalue weighted by atomic mass is 10.2. The average molecular weight is 313 g/mol. The van der Waals surface area contributed by atoms with E-state index in [1.165, 1.54) is 19.2 Å². The predicted molar refractivity (Wildman–Crippen MR) is 83.9 cm³/mol. The van der Waals surface area contributed by atoms with Crippen molar-refractivity contribution in [2.24, 2.45) is 0 Å². The van der Waals surface area contributed by atoms with E-state index in [9.17, 15) is 14.4 Å². The van der Waals surface area contributed by atoms with Crippen LogP contribution in [0.25, 0.3) is 0 Å². The van der Waals surface area contributed by atoms with Gasteiger partial charge in [-0.05, 0) is 38.1 Å². The van der Waals surface area contributed by atoms with Crippen LogP contribution in [0.4, 0.5) is 11.4 Å². The largest absolute Gasteiger partial charge is 0.479 e. The second-order valence-electron chi connectivity index (χ2n) is 5.27. The molecule has 1 aromatic heterocycles. The fourth-order valence-corrected chi connectivity index (χ4v) is 2.21. The number of H-pyrrole nitrogens is 1. The summed E-state index contributed by atoms with van der Waals surface area (Å²) in [5, 5.41) is 5.41. The van der Waals surface area contributed by atoms with Gasteiger partial charge in [0, 0.05) is 17.4 Å². The van der Waals surface area contributed by atoms with Gasteiger partial charge < -0.3 is 20.4 Å². The van der Waals surface area contributed by atoms with E-state index in [2.05, 4.69) is 15.6 Å². The molecule has 7 heteroatoms. The summed E-state index contributed by atoms with van der Waals surface area (Å²) in [6, 6.07) is 6.46. The summed E-state index contributed by atoms with van der Waals surface area (Å²) in [6.07, 6.45) is 0.936. The first-order valence-electron chi connectivity index (χ1n) is 7.06. The Hall–Kier alpha value is -3.09. The van der Waals surface area contributed by atoms with Gasteiger partial charge in [0.2, 0.25) is 0 Å². The minimum Gasteiger partial charge on any atom is -0.479 e. The third-order valence-corrected chi connectivity index (χ3v) is 3.50. The van der Waals surface area contributed by atoms with Gasteiger partial charge in [-0.25, -0.2) is 0 Å². The summed E-state index contributed by atoms with van der Waals surface area (Å²) >= 11 is 0. The summed E-state index contributed by atoms with van der Waals surface area (Å²) < 4.78 is 5.45. The van der Waals surface area contributed by atoms with Gasteiger partial charge in [-0.3, -0.25) is 14.4 Å². The quantitative estimate of drug-likeness (QED) is 0.756. The van der Waals surface area contributed by atoms with Gasteiger partial charge in [0.15, 0.2) is 11.9 Å². The third-order valence-electron chi connectivity index (χ3n) is 3.50. The highest BCUT2D eigenvalue weighted by atomic mass is 16.5. The predicted octanol–water partition coefficient (Wildman–Crippen LogP) is 2.19. The van der Waals surface area contributed by atoms with Crippen molar-refractivity contribution >= 4 is 29.0 Å². The molecule has 1 aliphatic rings. The van der Waals surface area contributed by atoms with Gasteiger partial charge in [-0.2, -0.15) is 0 Å². The van der Waals surface area contributed by atoms with E-state index in [0.717, 1.165) is 0 Å². The highest BCUT2D eigenvalue weighted by Crippen LogP contribution is 2.32. The molecule has 0 spiro atoms. The van der Waals surface area contributed by atoms with Crippen LogP contribution in [0, 0.1) is 0 Å². The standard InChI is InChI=1S/C16H15N3O4/c1-8(20)10-5-13(17-7-10)16(22)18-11-3-4-14-12(6-11)19-15(21)9(2)23-14/h3-7,9,17H,1-2H3,(H,18,22)(H,19,21)/t9-/m1/s1. The van der Waals surface area contributed by atoms with Gasteiger partial charge in [-0.1, -0.05) is 0 Å². The second-order valence-corrected chi connectivity index (χ2v) is 5.27. The average Bonchev–Trinajstić information content (AvgIpc) is 2.99. The number of hydrogen-bond acceptors (Lipinski definition) is 4. The number of carbonyl (C=O) groups is 3. The third kappa shape index (κ3) is 2.94. The number of rotatable bonds is 3. The lowest BCUT2D eigenvalue weighted by Gasteiger charge is -2.23. The lowest BCUT2D eigenvalue weighted by Crippen LogP contribution is -2.34. The smallest absolute Gasteiger partial charge is 0.272 e. The zero-order valence-electron chi connectivity index (χ0n) is 12.6. The van der Waals surface area contributed by atoms with Gasteiger partial charge in [0.25, 0.3) is 11.8 Å². The van der Waals surface area contributed by atoms with Crippen molar-refractivity contribution in [3.05, 3.63) is 41.7 Å². The van der Waals surface area contributed by atoms with Crippen molar-refractivity contribution in [1.29, 1.82) is 0 Å². The van der Waals surface area contributed by atoms with E-state index in [0.29, 0.717) is 22.7 Å². The maximum Gasteiger partial charge on any atom is 0.272 e. The van der Waals surface area contributed by atoms with Crippen LogP contribution in [0.3, 0.4) is 0 Å². The maximum atomic E-state index is 12.2. The van der Waals surface area contributed by atoms with Gasteiger partial charge in [0.05, 0.1) is 5.69 Å². The highest BCUT2D eigenvalue weighted by Gasteiger charge is 2.23. The minimum absolute atomic E-state index is 0.122. The monoisotopic (exact) mass is 313 g/mol. The highest BCUT2D eigenvalue weighted by molar-refractivity contribution is 6.06. The van der Waals surface area contributed by atoms with E-state index in [-0.39, 0.29) is 23.3 Å². The molecule has 0 fully saturated rings. The number of anilines is 2. The van der Waals surface area contributed by atoms with Crippen molar-refractivity contribution < 1.29 is 19.1 Å². The summed E-state index contributed by atoms with van der Waals surface area (Å²) in [4.78, 5) is 37.8. The number of carbonyl (C=O) groups excluding carboxylic acids is 3. The Morgan fingerprint density at radius 3 is 2.74 bits per heavy atom. The Balaban J connectivity index is 1.78. The normalized spacial score (nSPS) is 16.1. The van der Waals surface area contributed by atoms with Crippen LogP contribution in [-0.4, -0.2) is 28.7 Å². The maximum absolute atomic E-state index is 12.2. The Kier molecular flexibility index (Phi) is 3.61. The zero-order valence-corrected chi connectivity index (χ0v) is 12.6. The van der Waals surface area contributed by atoms with Crippen LogP contribution >= 0.6 is 0 Å². The van der Waals surface area contributed by atoms with Crippen molar-refractivity contribution in [3.63, 3.8) is 0 Å². The van der Waals surface area contributed by atoms with Crippen LogP contribution in [0.1, 0.15) is 34.7 Å². The van der Waals surface area contributed by atoms with Crippen LogP contribution in [0.2, 0.25) is 0 Å². The van der Waals surface area contributed by atoms with E-state index in [1.807, 2.05) is 0 Å². The number of Topliss-reactive ketones (excluding diaryl/α,β-unsaturated/α-hetero) is 1. The lowest BCUT2D eigenvalue weighted by molar-refractivity contribution is -0.122. The van der Waals surface area contributed by atoms with E-state index in [1.54, 1.807) is 25.1 Å².